The number of hydrogen-bond acceptors (Lipinski definition) is 4. The third-order valence-electron chi connectivity index (χ3n) is 5.47. The zero-order chi connectivity index (χ0) is 25.7. The molecule has 4 aromatic rings. The van der Waals surface area contributed by atoms with Gasteiger partial charge >= 0.3 is 0 Å². The molecule has 5 nitrogen and oxygen atoms in total. The first-order valence-corrected chi connectivity index (χ1v) is 14.0. The second-order valence-corrected chi connectivity index (χ2v) is 11.4. The summed E-state index contributed by atoms with van der Waals surface area (Å²) in [6.07, 6.45) is 0. The monoisotopic (exact) mass is 536 g/mol. The fourth-order valence-corrected chi connectivity index (χ4v) is 5.96. The number of carbonyl (C=O) groups is 1. The van der Waals surface area contributed by atoms with Crippen LogP contribution in [0, 0.1) is 13.8 Å². The molecule has 0 aliphatic rings. The van der Waals surface area contributed by atoms with E-state index >= 15 is 0 Å². The maximum Gasteiger partial charge on any atom is 0.263 e. The molecule has 0 aliphatic heterocycles. The second-order valence-electron chi connectivity index (χ2n) is 8.32. The first-order chi connectivity index (χ1) is 17.2. The SMILES string of the molecule is Cc1ccc(NS(=O)(=O)c2cc(C(=O)Nc3ccc(CSc4ccccc4)cc3C)ccc2Cl)cc1. The van der Waals surface area contributed by atoms with Crippen LogP contribution in [0.1, 0.15) is 27.0 Å². The highest BCUT2D eigenvalue weighted by molar-refractivity contribution is 7.98. The van der Waals surface area contributed by atoms with E-state index in [1.54, 1.807) is 36.0 Å². The lowest BCUT2D eigenvalue weighted by Gasteiger charge is -2.13. The van der Waals surface area contributed by atoms with Crippen LogP contribution in [0.2, 0.25) is 5.02 Å². The molecular weight excluding hydrogens is 512 g/mol. The van der Waals surface area contributed by atoms with Crippen molar-refractivity contribution >= 4 is 50.7 Å². The fourth-order valence-electron chi connectivity index (χ4n) is 3.52. The predicted molar refractivity (Wildman–Crippen MR) is 149 cm³/mol. The Balaban J connectivity index is 1.48. The van der Waals surface area contributed by atoms with Crippen LogP contribution in [0.15, 0.2) is 101 Å². The Bertz CT molecular complexity index is 1490. The predicted octanol–water partition coefficient (Wildman–Crippen LogP) is 7.30. The van der Waals surface area contributed by atoms with Gasteiger partial charge in [0.25, 0.3) is 15.9 Å². The van der Waals surface area contributed by atoms with E-state index in [1.165, 1.54) is 23.1 Å². The number of thioether (sulfide) groups is 1. The van der Waals surface area contributed by atoms with E-state index in [2.05, 4.69) is 22.2 Å². The molecule has 0 heterocycles. The summed E-state index contributed by atoms with van der Waals surface area (Å²) in [7, 11) is -3.99. The number of rotatable bonds is 8. The van der Waals surface area contributed by atoms with Gasteiger partial charge in [0.15, 0.2) is 0 Å². The van der Waals surface area contributed by atoms with Crippen LogP contribution >= 0.6 is 23.4 Å². The number of nitrogens with one attached hydrogen (secondary N) is 2. The molecule has 0 radical (unpaired) electrons. The lowest BCUT2D eigenvalue weighted by molar-refractivity contribution is 0.102. The van der Waals surface area contributed by atoms with Gasteiger partial charge < -0.3 is 5.32 Å². The number of benzene rings is 4. The zero-order valence-corrected chi connectivity index (χ0v) is 22.2. The van der Waals surface area contributed by atoms with Gasteiger partial charge in [0.2, 0.25) is 0 Å². The van der Waals surface area contributed by atoms with Crippen molar-refractivity contribution in [3.05, 3.63) is 118 Å². The van der Waals surface area contributed by atoms with Gasteiger partial charge in [0, 0.05) is 27.6 Å². The summed E-state index contributed by atoms with van der Waals surface area (Å²) in [4.78, 5) is 14.0. The van der Waals surface area contributed by atoms with Crippen molar-refractivity contribution in [1.29, 1.82) is 0 Å². The molecule has 36 heavy (non-hydrogen) atoms. The largest absolute Gasteiger partial charge is 0.322 e. The molecule has 0 saturated carbocycles. The molecule has 0 unspecified atom stereocenters. The van der Waals surface area contributed by atoms with E-state index in [0.717, 1.165) is 22.4 Å². The first kappa shape index (κ1) is 25.8. The Labute approximate surface area is 221 Å². The van der Waals surface area contributed by atoms with Gasteiger partial charge in [-0.2, -0.15) is 0 Å². The molecule has 0 bridgehead atoms. The van der Waals surface area contributed by atoms with Crippen molar-refractivity contribution in [2.24, 2.45) is 0 Å². The summed E-state index contributed by atoms with van der Waals surface area (Å²) in [5.74, 6) is 0.388. The average Bonchev–Trinajstić information content (AvgIpc) is 2.86. The standard InChI is InChI=1S/C28H25ClN2O3S2/c1-19-8-12-23(13-9-19)31-36(33,34)27-17-22(11-14-25(27)29)28(32)30-26-15-10-21(16-20(26)2)18-35-24-6-4-3-5-7-24/h3-17,31H,18H2,1-2H3,(H,30,32). The van der Waals surface area contributed by atoms with Crippen LogP contribution in [-0.4, -0.2) is 14.3 Å². The van der Waals surface area contributed by atoms with Crippen molar-refractivity contribution in [2.45, 2.75) is 29.4 Å². The number of amides is 1. The van der Waals surface area contributed by atoms with Gasteiger partial charge in [0.1, 0.15) is 4.90 Å². The van der Waals surface area contributed by atoms with Crippen LogP contribution < -0.4 is 10.0 Å². The molecule has 0 atom stereocenters. The van der Waals surface area contributed by atoms with Gasteiger partial charge in [0.05, 0.1) is 5.02 Å². The Morgan fingerprint density at radius 3 is 2.31 bits per heavy atom. The first-order valence-electron chi connectivity index (χ1n) is 11.2. The number of aryl methyl sites for hydroxylation is 2. The fraction of sp³-hybridized carbons (Fsp3) is 0.107. The maximum absolute atomic E-state index is 13.0. The van der Waals surface area contributed by atoms with Crippen LogP contribution in [0.4, 0.5) is 11.4 Å². The van der Waals surface area contributed by atoms with E-state index in [1.807, 2.05) is 50.2 Å². The normalized spacial score (nSPS) is 11.2. The molecule has 0 aliphatic carbocycles. The van der Waals surface area contributed by atoms with Crippen LogP contribution in [0.25, 0.3) is 0 Å². The molecule has 2 N–H and O–H groups in total. The topological polar surface area (TPSA) is 75.3 Å². The highest BCUT2D eigenvalue weighted by Crippen LogP contribution is 2.27. The van der Waals surface area contributed by atoms with Crippen LogP contribution in [0.5, 0.6) is 0 Å². The van der Waals surface area contributed by atoms with Crippen LogP contribution in [0.3, 0.4) is 0 Å². The summed E-state index contributed by atoms with van der Waals surface area (Å²) in [6, 6.07) is 27.2. The van der Waals surface area contributed by atoms with E-state index in [9.17, 15) is 13.2 Å². The number of hydrogen-bond donors (Lipinski definition) is 2. The highest BCUT2D eigenvalue weighted by atomic mass is 35.5. The summed E-state index contributed by atoms with van der Waals surface area (Å²) in [6.45, 7) is 3.84. The minimum Gasteiger partial charge on any atom is -0.322 e. The number of sulfonamides is 1. The molecule has 0 fully saturated rings. The van der Waals surface area contributed by atoms with Gasteiger partial charge in [-0.25, -0.2) is 8.42 Å². The highest BCUT2D eigenvalue weighted by Gasteiger charge is 2.21. The van der Waals surface area contributed by atoms with Gasteiger partial charge in [-0.1, -0.05) is 59.6 Å². The summed E-state index contributed by atoms with van der Waals surface area (Å²) < 4.78 is 28.4. The molecule has 4 aromatic carbocycles. The maximum atomic E-state index is 13.0. The average molecular weight is 537 g/mol. The molecule has 1 amide bonds. The minimum atomic E-state index is -3.99. The van der Waals surface area contributed by atoms with Gasteiger partial charge in [-0.05, 0) is 73.5 Å². The van der Waals surface area contributed by atoms with Crippen molar-refractivity contribution in [3.63, 3.8) is 0 Å². The van der Waals surface area contributed by atoms with Crippen molar-refractivity contribution in [3.8, 4) is 0 Å². The molecule has 8 heteroatoms. The minimum absolute atomic E-state index is 0.0302. The van der Waals surface area contributed by atoms with E-state index < -0.39 is 15.9 Å². The van der Waals surface area contributed by atoms with E-state index in [4.69, 9.17) is 11.6 Å². The second kappa shape index (κ2) is 11.2. The van der Waals surface area contributed by atoms with Crippen molar-refractivity contribution < 1.29 is 13.2 Å². The molecule has 0 spiro atoms. The molecule has 184 valence electrons. The smallest absolute Gasteiger partial charge is 0.263 e. The molecule has 4 rings (SSSR count). The van der Waals surface area contributed by atoms with Crippen molar-refractivity contribution in [1.82, 2.24) is 0 Å². The Morgan fingerprint density at radius 1 is 0.889 bits per heavy atom. The molecule has 0 aromatic heterocycles. The summed E-state index contributed by atoms with van der Waals surface area (Å²) in [5, 5.41) is 2.91. The quantitative estimate of drug-likeness (QED) is 0.232. The lowest BCUT2D eigenvalue weighted by Crippen LogP contribution is -2.17. The third kappa shape index (κ3) is 6.49. The lowest BCUT2D eigenvalue weighted by atomic mass is 10.1. The van der Waals surface area contributed by atoms with E-state index in [0.29, 0.717) is 11.4 Å². The number of carbonyl (C=O) groups excluding carboxylic acids is 1. The molecule has 0 saturated heterocycles. The van der Waals surface area contributed by atoms with E-state index in [-0.39, 0.29) is 15.5 Å². The van der Waals surface area contributed by atoms with Crippen LogP contribution in [-0.2, 0) is 15.8 Å². The summed E-state index contributed by atoms with van der Waals surface area (Å²) in [5.41, 5.74) is 4.32. The van der Waals surface area contributed by atoms with Crippen molar-refractivity contribution in [2.75, 3.05) is 10.0 Å². The zero-order valence-electron chi connectivity index (χ0n) is 19.8. The number of halogens is 1. The van der Waals surface area contributed by atoms with Gasteiger partial charge in [-0.3, -0.25) is 9.52 Å². The van der Waals surface area contributed by atoms with Gasteiger partial charge in [-0.15, -0.1) is 11.8 Å². The summed E-state index contributed by atoms with van der Waals surface area (Å²) >= 11 is 7.94. The molecular formula is C28H25ClN2O3S2. The number of anilines is 2. The third-order valence-corrected chi connectivity index (χ3v) is 8.42. The Hall–Kier alpha value is -3.26. The Kier molecular flexibility index (Phi) is 8.04. The Morgan fingerprint density at radius 2 is 1.61 bits per heavy atom.